The van der Waals surface area contributed by atoms with Gasteiger partial charge in [-0.15, -0.1) is 0 Å². The van der Waals surface area contributed by atoms with Gasteiger partial charge in [-0.1, -0.05) is 193 Å². The van der Waals surface area contributed by atoms with Crippen molar-refractivity contribution in [2.24, 2.45) is 0 Å². The van der Waals surface area contributed by atoms with Crippen LogP contribution in [-0.4, -0.2) is 0 Å². The van der Waals surface area contributed by atoms with Crippen LogP contribution in [0.15, 0.2) is 18.2 Å². The van der Waals surface area contributed by atoms with Crippen molar-refractivity contribution in [1.82, 2.24) is 0 Å². The van der Waals surface area contributed by atoms with E-state index in [1.54, 1.807) is 16.7 Å². The standard InChI is InChI=1S/C39H72/c1-4-7-10-13-16-18-20-22-24-26-29-33-38-35-31-34-37(39(38)36-30-27-15-12-9-6-3)32-28-25-23-21-19-17-14-11-8-5-2/h31,34-35H,4-30,32-33,36H2,1-3H3. The van der Waals surface area contributed by atoms with Crippen LogP contribution in [0.2, 0.25) is 0 Å². The first-order valence-electron chi connectivity index (χ1n) is 18.4. The summed E-state index contributed by atoms with van der Waals surface area (Å²) in [7, 11) is 0. The molecule has 0 atom stereocenters. The van der Waals surface area contributed by atoms with E-state index >= 15 is 0 Å². The number of aryl methyl sites for hydroxylation is 2. The van der Waals surface area contributed by atoms with Crippen LogP contribution in [-0.2, 0) is 19.3 Å². The van der Waals surface area contributed by atoms with Crippen molar-refractivity contribution in [2.45, 2.75) is 213 Å². The monoisotopic (exact) mass is 541 g/mol. The van der Waals surface area contributed by atoms with Crippen molar-refractivity contribution in [3.05, 3.63) is 34.9 Å². The van der Waals surface area contributed by atoms with Gasteiger partial charge in [-0.05, 0) is 55.2 Å². The molecule has 0 aliphatic rings. The van der Waals surface area contributed by atoms with Crippen molar-refractivity contribution in [3.63, 3.8) is 0 Å². The molecule has 0 heterocycles. The van der Waals surface area contributed by atoms with Crippen LogP contribution >= 0.6 is 0 Å². The zero-order valence-corrected chi connectivity index (χ0v) is 27.4. The highest BCUT2D eigenvalue weighted by Crippen LogP contribution is 2.24. The summed E-state index contributed by atoms with van der Waals surface area (Å²) >= 11 is 0. The highest BCUT2D eigenvalue weighted by Gasteiger charge is 2.09. The number of hydrogen-bond donors (Lipinski definition) is 0. The Balaban J connectivity index is 2.38. The summed E-state index contributed by atoms with van der Waals surface area (Å²) < 4.78 is 0. The largest absolute Gasteiger partial charge is 0.0654 e. The zero-order valence-electron chi connectivity index (χ0n) is 27.4. The Kier molecular flexibility index (Phi) is 26.7. The van der Waals surface area contributed by atoms with Crippen molar-refractivity contribution < 1.29 is 0 Å². The van der Waals surface area contributed by atoms with Gasteiger partial charge < -0.3 is 0 Å². The summed E-state index contributed by atoms with van der Waals surface area (Å²) in [4.78, 5) is 0. The van der Waals surface area contributed by atoms with Gasteiger partial charge in [-0.2, -0.15) is 0 Å². The molecule has 0 nitrogen and oxygen atoms in total. The van der Waals surface area contributed by atoms with E-state index in [1.807, 2.05) is 0 Å². The van der Waals surface area contributed by atoms with Crippen LogP contribution in [0.4, 0.5) is 0 Å². The third kappa shape index (κ3) is 21.6. The van der Waals surface area contributed by atoms with E-state index in [9.17, 15) is 0 Å². The van der Waals surface area contributed by atoms with E-state index in [4.69, 9.17) is 0 Å². The third-order valence-corrected chi connectivity index (χ3v) is 9.00. The van der Waals surface area contributed by atoms with Crippen LogP contribution in [0.25, 0.3) is 0 Å². The Hall–Kier alpha value is -0.780. The predicted molar refractivity (Wildman–Crippen MR) is 179 cm³/mol. The Morgan fingerprint density at radius 3 is 0.872 bits per heavy atom. The topological polar surface area (TPSA) is 0 Å². The lowest BCUT2D eigenvalue weighted by Gasteiger charge is -2.16. The van der Waals surface area contributed by atoms with Gasteiger partial charge in [-0.3, -0.25) is 0 Å². The molecule has 0 aliphatic carbocycles. The fraction of sp³-hybridized carbons (Fsp3) is 0.846. The smallest absolute Gasteiger partial charge is 0.0273 e. The fourth-order valence-corrected chi connectivity index (χ4v) is 6.34. The molecule has 0 aliphatic heterocycles. The summed E-state index contributed by atoms with van der Waals surface area (Å²) in [5, 5.41) is 0. The van der Waals surface area contributed by atoms with E-state index in [1.165, 1.54) is 193 Å². The Morgan fingerprint density at radius 2 is 0.564 bits per heavy atom. The minimum absolute atomic E-state index is 1.31. The average Bonchev–Trinajstić information content (AvgIpc) is 2.95. The first-order valence-corrected chi connectivity index (χ1v) is 18.4. The molecule has 1 aromatic rings. The number of unbranched alkanes of at least 4 members (excludes halogenated alkanes) is 24. The van der Waals surface area contributed by atoms with Crippen LogP contribution in [0.3, 0.4) is 0 Å². The summed E-state index contributed by atoms with van der Waals surface area (Å²) in [5.74, 6) is 0. The van der Waals surface area contributed by atoms with Crippen molar-refractivity contribution in [2.75, 3.05) is 0 Å². The second kappa shape index (κ2) is 28.7. The molecule has 1 rings (SSSR count). The Morgan fingerprint density at radius 1 is 0.308 bits per heavy atom. The molecule has 0 unspecified atom stereocenters. The molecule has 0 amide bonds. The number of rotatable bonds is 30. The molecule has 228 valence electrons. The minimum atomic E-state index is 1.31. The van der Waals surface area contributed by atoms with Crippen LogP contribution in [0.1, 0.15) is 211 Å². The van der Waals surface area contributed by atoms with Gasteiger partial charge >= 0.3 is 0 Å². The zero-order chi connectivity index (χ0) is 28.1. The molecule has 0 heteroatoms. The van der Waals surface area contributed by atoms with Crippen molar-refractivity contribution in [1.29, 1.82) is 0 Å². The van der Waals surface area contributed by atoms with Crippen molar-refractivity contribution in [3.8, 4) is 0 Å². The van der Waals surface area contributed by atoms with Gasteiger partial charge in [0.25, 0.3) is 0 Å². The second-order valence-electron chi connectivity index (χ2n) is 12.8. The lowest BCUT2D eigenvalue weighted by atomic mass is 9.90. The molecule has 0 fully saturated rings. The average molecular weight is 541 g/mol. The van der Waals surface area contributed by atoms with E-state index in [0.29, 0.717) is 0 Å². The molecule has 0 aromatic heterocycles. The van der Waals surface area contributed by atoms with Gasteiger partial charge in [0.05, 0.1) is 0 Å². The molecule has 0 spiro atoms. The molecule has 0 bridgehead atoms. The lowest BCUT2D eigenvalue weighted by Crippen LogP contribution is -2.02. The Bertz CT molecular complexity index is 614. The van der Waals surface area contributed by atoms with Gasteiger partial charge in [0, 0.05) is 0 Å². The maximum Gasteiger partial charge on any atom is -0.0273 e. The fourth-order valence-electron chi connectivity index (χ4n) is 6.34. The maximum atomic E-state index is 2.48. The molecule has 1 aromatic carbocycles. The predicted octanol–water partition coefficient (Wildman–Crippen LogP) is 13.9. The molecular formula is C39H72. The summed E-state index contributed by atoms with van der Waals surface area (Å²) in [6.07, 6.45) is 42.6. The normalized spacial score (nSPS) is 11.5. The molecule has 39 heavy (non-hydrogen) atoms. The lowest BCUT2D eigenvalue weighted by molar-refractivity contribution is 0.548. The summed E-state index contributed by atoms with van der Waals surface area (Å²) in [5.41, 5.74) is 5.16. The first-order chi connectivity index (χ1) is 19.3. The van der Waals surface area contributed by atoms with E-state index in [0.717, 1.165) is 0 Å². The van der Waals surface area contributed by atoms with E-state index < -0.39 is 0 Å². The van der Waals surface area contributed by atoms with Gasteiger partial charge in [0.1, 0.15) is 0 Å². The van der Waals surface area contributed by atoms with Crippen LogP contribution < -0.4 is 0 Å². The van der Waals surface area contributed by atoms with Gasteiger partial charge in [-0.25, -0.2) is 0 Å². The third-order valence-electron chi connectivity index (χ3n) is 9.00. The Labute approximate surface area is 247 Å². The first kappa shape index (κ1) is 36.2. The molecule has 0 radical (unpaired) electrons. The number of benzene rings is 1. The van der Waals surface area contributed by atoms with Crippen LogP contribution in [0, 0.1) is 0 Å². The van der Waals surface area contributed by atoms with E-state index in [-0.39, 0.29) is 0 Å². The number of hydrogen-bond acceptors (Lipinski definition) is 0. The maximum absolute atomic E-state index is 2.48. The van der Waals surface area contributed by atoms with Gasteiger partial charge in [0.15, 0.2) is 0 Å². The van der Waals surface area contributed by atoms with Gasteiger partial charge in [0.2, 0.25) is 0 Å². The van der Waals surface area contributed by atoms with E-state index in [2.05, 4.69) is 39.0 Å². The van der Waals surface area contributed by atoms with Crippen LogP contribution in [0.5, 0.6) is 0 Å². The molecule has 0 saturated heterocycles. The minimum Gasteiger partial charge on any atom is -0.0654 e. The quantitative estimate of drug-likeness (QED) is 0.0851. The second-order valence-corrected chi connectivity index (χ2v) is 12.8. The SMILES string of the molecule is CCCCCCCCCCCCCc1cccc(CCCCCCCCCCCC)c1CCCCCCCC. The highest BCUT2D eigenvalue weighted by molar-refractivity contribution is 5.36. The van der Waals surface area contributed by atoms with Crippen molar-refractivity contribution >= 4 is 0 Å². The molecule has 0 N–H and O–H groups in total. The molecule has 0 saturated carbocycles. The summed E-state index contributed by atoms with van der Waals surface area (Å²) in [6, 6.07) is 7.33. The molecular weight excluding hydrogens is 468 g/mol. The highest BCUT2D eigenvalue weighted by atomic mass is 14.1. The summed E-state index contributed by atoms with van der Waals surface area (Å²) in [6.45, 7) is 6.95.